The van der Waals surface area contributed by atoms with Gasteiger partial charge in [-0.05, 0) is 11.1 Å². The lowest BCUT2D eigenvalue weighted by molar-refractivity contribution is -0.395. The summed E-state index contributed by atoms with van der Waals surface area (Å²) < 4.78 is 0. The molecule has 0 aliphatic carbocycles. The standard InChI is InChI=1S/C13H11N3O4/c14-8-11-12(15(17)18)6-10(7-13(11)16(19)20)9-4-2-1-3-5-9/h1-7H,8,14H2. The third-order valence-electron chi connectivity index (χ3n) is 2.91. The van der Waals surface area contributed by atoms with Crippen LogP contribution in [0.5, 0.6) is 0 Å². The number of rotatable bonds is 4. The molecule has 0 unspecified atom stereocenters. The van der Waals surface area contributed by atoms with E-state index < -0.39 is 9.85 Å². The zero-order valence-electron chi connectivity index (χ0n) is 10.4. The van der Waals surface area contributed by atoms with E-state index in [1.165, 1.54) is 12.1 Å². The maximum Gasteiger partial charge on any atom is 0.281 e. The predicted octanol–water partition coefficient (Wildman–Crippen LogP) is 2.63. The molecule has 2 N–H and O–H groups in total. The highest BCUT2D eigenvalue weighted by Crippen LogP contribution is 2.34. The Hall–Kier alpha value is -2.80. The Morgan fingerprint density at radius 2 is 1.40 bits per heavy atom. The summed E-state index contributed by atoms with van der Waals surface area (Å²) in [5, 5.41) is 22.1. The van der Waals surface area contributed by atoms with Crippen molar-refractivity contribution < 1.29 is 9.85 Å². The normalized spacial score (nSPS) is 10.2. The molecule has 0 aromatic heterocycles. The molecule has 2 aromatic carbocycles. The molecule has 7 nitrogen and oxygen atoms in total. The molecule has 0 fully saturated rings. The van der Waals surface area contributed by atoms with Crippen LogP contribution in [0.15, 0.2) is 42.5 Å². The fraction of sp³-hybridized carbons (Fsp3) is 0.0769. The first kappa shape index (κ1) is 13.6. The highest BCUT2D eigenvalue weighted by Gasteiger charge is 2.25. The Bertz CT molecular complexity index is 636. The van der Waals surface area contributed by atoms with Crippen LogP contribution in [0, 0.1) is 20.2 Å². The van der Waals surface area contributed by atoms with Gasteiger partial charge in [-0.1, -0.05) is 30.3 Å². The van der Waals surface area contributed by atoms with Crippen molar-refractivity contribution in [2.75, 3.05) is 0 Å². The van der Waals surface area contributed by atoms with E-state index in [2.05, 4.69) is 0 Å². The van der Waals surface area contributed by atoms with Gasteiger partial charge in [0.05, 0.1) is 9.85 Å². The van der Waals surface area contributed by atoms with Crippen molar-refractivity contribution in [3.8, 4) is 11.1 Å². The van der Waals surface area contributed by atoms with Gasteiger partial charge in [0, 0.05) is 18.7 Å². The second-order valence-electron chi connectivity index (χ2n) is 4.08. The Labute approximate surface area is 113 Å². The first-order valence-corrected chi connectivity index (χ1v) is 5.75. The van der Waals surface area contributed by atoms with Crippen LogP contribution in [-0.4, -0.2) is 9.85 Å². The summed E-state index contributed by atoms with van der Waals surface area (Å²) in [6, 6.07) is 11.4. The lowest BCUT2D eigenvalue weighted by atomic mass is 10.0. The molecule has 7 heteroatoms. The van der Waals surface area contributed by atoms with Crippen LogP contribution >= 0.6 is 0 Å². The third-order valence-corrected chi connectivity index (χ3v) is 2.91. The van der Waals surface area contributed by atoms with Gasteiger partial charge >= 0.3 is 0 Å². The molecule has 20 heavy (non-hydrogen) atoms. The van der Waals surface area contributed by atoms with Crippen molar-refractivity contribution in [3.05, 3.63) is 68.3 Å². The summed E-state index contributed by atoms with van der Waals surface area (Å²) in [7, 11) is 0. The molecule has 0 bridgehead atoms. The molecule has 102 valence electrons. The summed E-state index contributed by atoms with van der Waals surface area (Å²) in [5.74, 6) is 0. The van der Waals surface area contributed by atoms with E-state index >= 15 is 0 Å². The van der Waals surface area contributed by atoms with Crippen molar-refractivity contribution in [1.82, 2.24) is 0 Å². The predicted molar refractivity (Wildman–Crippen MR) is 73.1 cm³/mol. The molecule has 0 atom stereocenters. The van der Waals surface area contributed by atoms with Crippen molar-refractivity contribution in [1.29, 1.82) is 0 Å². The van der Waals surface area contributed by atoms with E-state index in [4.69, 9.17) is 5.73 Å². The molecular weight excluding hydrogens is 262 g/mol. The smallest absolute Gasteiger partial charge is 0.281 e. The Morgan fingerprint density at radius 1 is 0.900 bits per heavy atom. The monoisotopic (exact) mass is 273 g/mol. The zero-order valence-corrected chi connectivity index (χ0v) is 10.4. The van der Waals surface area contributed by atoms with Crippen molar-refractivity contribution in [2.24, 2.45) is 5.73 Å². The van der Waals surface area contributed by atoms with Crippen molar-refractivity contribution >= 4 is 11.4 Å². The van der Waals surface area contributed by atoms with Crippen LogP contribution in [0.1, 0.15) is 5.56 Å². The molecule has 0 saturated heterocycles. The first-order chi connectivity index (χ1) is 9.54. The summed E-state index contributed by atoms with van der Waals surface area (Å²) in [5.41, 5.74) is 5.76. The maximum absolute atomic E-state index is 11.1. The summed E-state index contributed by atoms with van der Waals surface area (Å²) in [6.45, 7) is -0.262. The van der Waals surface area contributed by atoms with Crippen molar-refractivity contribution in [3.63, 3.8) is 0 Å². The number of benzene rings is 2. The summed E-state index contributed by atoms with van der Waals surface area (Å²) in [4.78, 5) is 20.8. The SMILES string of the molecule is NCc1c([N+](=O)[O-])cc(-c2ccccc2)cc1[N+](=O)[O-]. The fourth-order valence-electron chi connectivity index (χ4n) is 1.97. The molecule has 0 heterocycles. The van der Waals surface area contributed by atoms with E-state index in [0.717, 1.165) is 0 Å². The minimum absolute atomic E-state index is 0.0697. The lowest BCUT2D eigenvalue weighted by Crippen LogP contribution is -2.06. The number of hydrogen-bond donors (Lipinski definition) is 1. The topological polar surface area (TPSA) is 112 Å². The van der Waals surface area contributed by atoms with E-state index in [1.807, 2.05) is 0 Å². The molecule has 0 amide bonds. The number of hydrogen-bond acceptors (Lipinski definition) is 5. The minimum Gasteiger partial charge on any atom is -0.326 e. The van der Waals surface area contributed by atoms with E-state index in [-0.39, 0.29) is 23.5 Å². The van der Waals surface area contributed by atoms with Gasteiger partial charge in [-0.15, -0.1) is 0 Å². The highest BCUT2D eigenvalue weighted by molar-refractivity contribution is 5.72. The Kier molecular flexibility index (Phi) is 3.72. The summed E-state index contributed by atoms with van der Waals surface area (Å²) >= 11 is 0. The second kappa shape index (κ2) is 5.45. The van der Waals surface area contributed by atoms with Gasteiger partial charge in [0.15, 0.2) is 0 Å². The highest BCUT2D eigenvalue weighted by atomic mass is 16.6. The molecule has 0 saturated carbocycles. The molecular formula is C13H11N3O4. The number of nitrogens with zero attached hydrogens (tertiary/aromatic N) is 2. The number of nitrogens with two attached hydrogens (primary N) is 1. The van der Waals surface area contributed by atoms with Crippen molar-refractivity contribution in [2.45, 2.75) is 6.54 Å². The van der Waals surface area contributed by atoms with Crippen LogP contribution in [0.3, 0.4) is 0 Å². The molecule has 0 spiro atoms. The van der Waals surface area contributed by atoms with E-state index in [9.17, 15) is 20.2 Å². The summed E-state index contributed by atoms with van der Waals surface area (Å²) in [6.07, 6.45) is 0. The molecule has 0 aliphatic rings. The van der Waals surface area contributed by atoms with Crippen LogP contribution in [-0.2, 0) is 6.54 Å². The minimum atomic E-state index is -0.651. The average Bonchev–Trinajstić information content (AvgIpc) is 2.46. The average molecular weight is 273 g/mol. The largest absolute Gasteiger partial charge is 0.326 e. The van der Waals surface area contributed by atoms with Crippen LogP contribution in [0.4, 0.5) is 11.4 Å². The van der Waals surface area contributed by atoms with Gasteiger partial charge < -0.3 is 5.73 Å². The zero-order chi connectivity index (χ0) is 14.7. The fourth-order valence-corrected chi connectivity index (χ4v) is 1.97. The Morgan fingerprint density at radius 3 is 1.80 bits per heavy atom. The van der Waals surface area contributed by atoms with E-state index in [0.29, 0.717) is 11.1 Å². The second-order valence-corrected chi connectivity index (χ2v) is 4.08. The van der Waals surface area contributed by atoms with Gasteiger partial charge in [0.25, 0.3) is 11.4 Å². The van der Waals surface area contributed by atoms with Gasteiger partial charge in [-0.3, -0.25) is 20.2 Å². The van der Waals surface area contributed by atoms with Crippen LogP contribution in [0.25, 0.3) is 11.1 Å². The molecule has 0 aliphatic heterocycles. The quantitative estimate of drug-likeness (QED) is 0.679. The lowest BCUT2D eigenvalue weighted by Gasteiger charge is -2.06. The van der Waals surface area contributed by atoms with Crippen LogP contribution < -0.4 is 5.73 Å². The molecule has 2 aromatic rings. The van der Waals surface area contributed by atoms with Crippen LogP contribution in [0.2, 0.25) is 0 Å². The first-order valence-electron chi connectivity index (χ1n) is 5.75. The van der Waals surface area contributed by atoms with Gasteiger partial charge in [-0.2, -0.15) is 0 Å². The van der Waals surface area contributed by atoms with Gasteiger partial charge in [0.2, 0.25) is 0 Å². The number of nitro benzene ring substituents is 2. The van der Waals surface area contributed by atoms with Gasteiger partial charge in [0.1, 0.15) is 5.56 Å². The molecule has 2 rings (SSSR count). The molecule has 0 radical (unpaired) electrons. The van der Waals surface area contributed by atoms with E-state index in [1.54, 1.807) is 30.3 Å². The van der Waals surface area contributed by atoms with Gasteiger partial charge in [-0.25, -0.2) is 0 Å². The third kappa shape index (κ3) is 2.47. The Balaban J connectivity index is 2.73. The maximum atomic E-state index is 11.1. The number of nitro groups is 2.